The van der Waals surface area contributed by atoms with E-state index in [1.54, 1.807) is 17.6 Å². The average molecular weight is 206 g/mol. The van der Waals surface area contributed by atoms with Crippen LogP contribution in [0.1, 0.15) is 0 Å². The van der Waals surface area contributed by atoms with Crippen LogP contribution in [0.4, 0.5) is 0 Å². The van der Waals surface area contributed by atoms with E-state index in [2.05, 4.69) is 9.97 Å². The Hall–Kier alpha value is -1.24. The molecule has 0 aliphatic heterocycles. The molecule has 0 saturated carbocycles. The van der Waals surface area contributed by atoms with Crippen molar-refractivity contribution in [3.8, 4) is 11.4 Å². The van der Waals surface area contributed by atoms with E-state index < -0.39 is 7.12 Å². The van der Waals surface area contributed by atoms with E-state index in [4.69, 9.17) is 10.0 Å². The molecular formula is C8H7BN2O2S. The van der Waals surface area contributed by atoms with Crippen molar-refractivity contribution in [2.45, 2.75) is 0 Å². The number of rotatable bonds is 2. The van der Waals surface area contributed by atoms with E-state index in [0.29, 0.717) is 5.46 Å². The summed E-state index contributed by atoms with van der Waals surface area (Å²) in [7, 11) is -1.47. The zero-order chi connectivity index (χ0) is 9.97. The molecule has 2 heterocycles. The van der Waals surface area contributed by atoms with Crippen LogP contribution in [0.15, 0.2) is 29.2 Å². The fraction of sp³-hybridized carbons (Fsp3) is 0. The zero-order valence-electron chi connectivity index (χ0n) is 7.16. The number of thiazole rings is 1. The number of hydrogen-bond donors (Lipinski definition) is 2. The van der Waals surface area contributed by atoms with Crippen molar-refractivity contribution < 1.29 is 10.0 Å². The van der Waals surface area contributed by atoms with Crippen molar-refractivity contribution in [2.24, 2.45) is 0 Å². The molecule has 70 valence electrons. The molecule has 0 amide bonds. The lowest BCUT2D eigenvalue weighted by atomic mass is 9.82. The van der Waals surface area contributed by atoms with Gasteiger partial charge in [-0.25, -0.2) is 4.98 Å². The molecule has 0 atom stereocenters. The highest BCUT2D eigenvalue weighted by atomic mass is 32.1. The molecule has 0 unspecified atom stereocenters. The third kappa shape index (κ3) is 1.82. The molecule has 0 spiro atoms. The maximum atomic E-state index is 8.85. The Labute approximate surface area is 85.0 Å². The first-order valence-corrected chi connectivity index (χ1v) is 4.92. The first kappa shape index (κ1) is 9.33. The van der Waals surface area contributed by atoms with E-state index in [9.17, 15) is 0 Å². The standard InChI is InChI=1S/C8H7BN2O2S/c12-9(13)6-1-2-7(10-3-6)8-4-14-5-11-8/h1-5,12-13H. The fourth-order valence-electron chi connectivity index (χ4n) is 1.05. The van der Waals surface area contributed by atoms with Gasteiger partial charge in [0, 0.05) is 17.0 Å². The van der Waals surface area contributed by atoms with Gasteiger partial charge in [-0.2, -0.15) is 0 Å². The van der Waals surface area contributed by atoms with Gasteiger partial charge in [0.1, 0.15) is 0 Å². The SMILES string of the molecule is OB(O)c1ccc(-c2cscn2)nc1. The molecular weight excluding hydrogens is 199 g/mol. The summed E-state index contributed by atoms with van der Waals surface area (Å²) in [6, 6.07) is 3.33. The van der Waals surface area contributed by atoms with Gasteiger partial charge in [-0.05, 0) is 6.07 Å². The van der Waals surface area contributed by atoms with E-state index in [1.807, 2.05) is 5.38 Å². The molecule has 0 aliphatic carbocycles. The second-order valence-electron chi connectivity index (χ2n) is 2.72. The summed E-state index contributed by atoms with van der Waals surface area (Å²) in [6.07, 6.45) is 1.43. The monoisotopic (exact) mass is 206 g/mol. The van der Waals surface area contributed by atoms with Crippen LogP contribution >= 0.6 is 11.3 Å². The fourth-order valence-corrected chi connectivity index (χ4v) is 1.59. The highest BCUT2D eigenvalue weighted by molar-refractivity contribution is 7.07. The Bertz CT molecular complexity index is 402. The van der Waals surface area contributed by atoms with E-state index in [1.165, 1.54) is 17.5 Å². The molecule has 0 aromatic carbocycles. The third-order valence-electron chi connectivity index (χ3n) is 1.78. The van der Waals surface area contributed by atoms with Crippen LogP contribution in [0.3, 0.4) is 0 Å². The summed E-state index contributed by atoms with van der Waals surface area (Å²) < 4.78 is 0. The normalized spacial score (nSPS) is 10.1. The van der Waals surface area contributed by atoms with Gasteiger partial charge < -0.3 is 10.0 Å². The molecule has 2 N–H and O–H groups in total. The van der Waals surface area contributed by atoms with Gasteiger partial charge in [-0.15, -0.1) is 11.3 Å². The topological polar surface area (TPSA) is 66.2 Å². The average Bonchev–Trinajstić information content (AvgIpc) is 2.71. The number of nitrogens with zero attached hydrogens (tertiary/aromatic N) is 2. The Balaban J connectivity index is 2.31. The van der Waals surface area contributed by atoms with Gasteiger partial charge in [0.25, 0.3) is 0 Å². The molecule has 2 rings (SSSR count). The van der Waals surface area contributed by atoms with Gasteiger partial charge in [0.15, 0.2) is 0 Å². The molecule has 0 bridgehead atoms. The molecule has 0 radical (unpaired) electrons. The van der Waals surface area contributed by atoms with Crippen LogP contribution < -0.4 is 5.46 Å². The summed E-state index contributed by atoms with van der Waals surface area (Å²) in [6.45, 7) is 0. The quantitative estimate of drug-likeness (QED) is 0.672. The molecule has 0 fully saturated rings. The molecule has 4 nitrogen and oxygen atoms in total. The lowest BCUT2D eigenvalue weighted by Gasteiger charge is -1.99. The van der Waals surface area contributed by atoms with Crippen LogP contribution in [-0.4, -0.2) is 27.1 Å². The minimum Gasteiger partial charge on any atom is -0.423 e. The van der Waals surface area contributed by atoms with Crippen molar-refractivity contribution in [3.05, 3.63) is 29.2 Å². The summed E-state index contributed by atoms with van der Waals surface area (Å²) in [4.78, 5) is 8.16. The first-order chi connectivity index (χ1) is 6.77. The summed E-state index contributed by atoms with van der Waals surface area (Å²) in [5.41, 5.74) is 3.64. The van der Waals surface area contributed by atoms with Crippen molar-refractivity contribution in [1.82, 2.24) is 9.97 Å². The van der Waals surface area contributed by atoms with Crippen molar-refractivity contribution in [1.29, 1.82) is 0 Å². The van der Waals surface area contributed by atoms with E-state index in [0.717, 1.165) is 11.4 Å². The van der Waals surface area contributed by atoms with E-state index in [-0.39, 0.29) is 0 Å². The Morgan fingerprint density at radius 2 is 2.00 bits per heavy atom. The molecule has 0 aliphatic rings. The van der Waals surface area contributed by atoms with E-state index >= 15 is 0 Å². The molecule has 2 aromatic heterocycles. The Morgan fingerprint density at radius 1 is 1.14 bits per heavy atom. The van der Waals surface area contributed by atoms with Gasteiger partial charge in [0.05, 0.1) is 16.9 Å². The van der Waals surface area contributed by atoms with Crippen molar-refractivity contribution in [2.75, 3.05) is 0 Å². The number of hydrogen-bond acceptors (Lipinski definition) is 5. The van der Waals surface area contributed by atoms with Crippen LogP contribution in [0.25, 0.3) is 11.4 Å². The van der Waals surface area contributed by atoms with Gasteiger partial charge in [-0.3, -0.25) is 4.98 Å². The zero-order valence-corrected chi connectivity index (χ0v) is 7.98. The maximum Gasteiger partial charge on any atom is 0.490 e. The van der Waals surface area contributed by atoms with Crippen LogP contribution in [-0.2, 0) is 0 Å². The Morgan fingerprint density at radius 3 is 2.50 bits per heavy atom. The van der Waals surface area contributed by atoms with Gasteiger partial charge >= 0.3 is 7.12 Å². The predicted molar refractivity (Wildman–Crippen MR) is 55.2 cm³/mol. The second-order valence-corrected chi connectivity index (χ2v) is 3.44. The first-order valence-electron chi connectivity index (χ1n) is 3.98. The third-order valence-corrected chi connectivity index (χ3v) is 2.37. The maximum absolute atomic E-state index is 8.85. The summed E-state index contributed by atoms with van der Waals surface area (Å²) in [5, 5.41) is 19.6. The predicted octanol–water partition coefficient (Wildman–Crippen LogP) is -0.115. The summed E-state index contributed by atoms with van der Waals surface area (Å²) >= 11 is 1.50. The van der Waals surface area contributed by atoms with Crippen molar-refractivity contribution >= 4 is 23.9 Å². The minimum absolute atomic E-state index is 0.379. The van der Waals surface area contributed by atoms with Crippen LogP contribution in [0.2, 0.25) is 0 Å². The molecule has 14 heavy (non-hydrogen) atoms. The molecule has 6 heteroatoms. The Kier molecular flexibility index (Phi) is 2.58. The summed E-state index contributed by atoms with van der Waals surface area (Å²) in [5.74, 6) is 0. The number of aromatic nitrogens is 2. The lowest BCUT2D eigenvalue weighted by molar-refractivity contribution is 0.425. The number of pyridine rings is 1. The highest BCUT2D eigenvalue weighted by Gasteiger charge is 2.11. The molecule has 0 saturated heterocycles. The van der Waals surface area contributed by atoms with Crippen LogP contribution in [0, 0.1) is 0 Å². The second kappa shape index (κ2) is 3.87. The minimum atomic E-state index is -1.47. The molecule has 2 aromatic rings. The van der Waals surface area contributed by atoms with Gasteiger partial charge in [0.2, 0.25) is 0 Å². The van der Waals surface area contributed by atoms with Crippen molar-refractivity contribution in [3.63, 3.8) is 0 Å². The highest BCUT2D eigenvalue weighted by Crippen LogP contribution is 2.14. The smallest absolute Gasteiger partial charge is 0.423 e. The lowest BCUT2D eigenvalue weighted by Crippen LogP contribution is -2.29. The largest absolute Gasteiger partial charge is 0.490 e. The van der Waals surface area contributed by atoms with Gasteiger partial charge in [-0.1, -0.05) is 6.07 Å². The van der Waals surface area contributed by atoms with Crippen LogP contribution in [0.5, 0.6) is 0 Å².